The first-order valence-corrected chi connectivity index (χ1v) is 5.67. The van der Waals surface area contributed by atoms with Crippen LogP contribution < -0.4 is 16.4 Å². The number of urea groups is 1. The van der Waals surface area contributed by atoms with Crippen LogP contribution in [0.15, 0.2) is 24.3 Å². The molecule has 2 rings (SSSR count). The summed E-state index contributed by atoms with van der Waals surface area (Å²) in [5, 5.41) is 13.7. The van der Waals surface area contributed by atoms with Crippen molar-refractivity contribution >= 4 is 29.3 Å². The van der Waals surface area contributed by atoms with Gasteiger partial charge in [0.05, 0.1) is 11.8 Å². The third-order valence-corrected chi connectivity index (χ3v) is 2.86. The Morgan fingerprint density at radius 1 is 1.05 bits per heavy atom. The van der Waals surface area contributed by atoms with Crippen LogP contribution in [0, 0.1) is 11.8 Å². The van der Waals surface area contributed by atoms with Crippen molar-refractivity contribution in [3.8, 4) is 0 Å². The molecule has 0 aliphatic heterocycles. The Hall–Kier alpha value is -2.57. The molecule has 1 aliphatic carbocycles. The Morgan fingerprint density at radius 3 is 2.00 bits per heavy atom. The normalized spacial score (nSPS) is 20.4. The molecule has 5 N–H and O–H groups in total. The Morgan fingerprint density at radius 2 is 1.58 bits per heavy atom. The number of carbonyl (C=O) groups excluding carboxylic acids is 2. The number of aliphatic carboxylic acids is 1. The molecule has 19 heavy (non-hydrogen) atoms. The zero-order valence-corrected chi connectivity index (χ0v) is 9.92. The van der Waals surface area contributed by atoms with E-state index in [4.69, 9.17) is 10.8 Å². The maximum atomic E-state index is 11.7. The molecule has 0 spiro atoms. The highest BCUT2D eigenvalue weighted by Gasteiger charge is 2.48. The lowest BCUT2D eigenvalue weighted by atomic mass is 10.2. The Bertz CT molecular complexity index is 526. The van der Waals surface area contributed by atoms with Crippen molar-refractivity contribution in [1.29, 1.82) is 0 Å². The van der Waals surface area contributed by atoms with E-state index in [0.29, 0.717) is 17.8 Å². The number of anilines is 2. The molecular formula is C12H13N3O4. The van der Waals surface area contributed by atoms with Gasteiger partial charge in [-0.1, -0.05) is 0 Å². The second-order valence-electron chi connectivity index (χ2n) is 4.34. The summed E-state index contributed by atoms with van der Waals surface area (Å²) in [6, 6.07) is 5.70. The number of carbonyl (C=O) groups is 3. The zero-order valence-electron chi connectivity index (χ0n) is 9.92. The molecule has 1 aromatic carbocycles. The van der Waals surface area contributed by atoms with Crippen molar-refractivity contribution in [2.75, 3.05) is 10.6 Å². The van der Waals surface area contributed by atoms with Gasteiger partial charge < -0.3 is 21.5 Å². The fourth-order valence-electron chi connectivity index (χ4n) is 1.77. The molecule has 0 radical (unpaired) electrons. The monoisotopic (exact) mass is 263 g/mol. The van der Waals surface area contributed by atoms with Crippen LogP contribution in [0.2, 0.25) is 0 Å². The van der Waals surface area contributed by atoms with Crippen molar-refractivity contribution in [2.45, 2.75) is 6.42 Å². The lowest BCUT2D eigenvalue weighted by Crippen LogP contribution is -2.19. The molecule has 7 heteroatoms. The van der Waals surface area contributed by atoms with Crippen LogP contribution in [-0.4, -0.2) is 23.0 Å². The fraction of sp³-hybridized carbons (Fsp3) is 0.250. The number of nitrogens with one attached hydrogen (secondary N) is 2. The van der Waals surface area contributed by atoms with Gasteiger partial charge in [0.15, 0.2) is 0 Å². The molecule has 1 fully saturated rings. The number of nitrogens with two attached hydrogens (primary N) is 1. The average Bonchev–Trinajstić information content (AvgIpc) is 3.11. The van der Waals surface area contributed by atoms with Gasteiger partial charge in [-0.2, -0.15) is 0 Å². The summed E-state index contributed by atoms with van der Waals surface area (Å²) in [7, 11) is 0. The van der Waals surface area contributed by atoms with Gasteiger partial charge in [0.1, 0.15) is 0 Å². The van der Waals surface area contributed by atoms with Crippen LogP contribution in [0.5, 0.6) is 0 Å². The number of hydrogen-bond acceptors (Lipinski definition) is 3. The highest BCUT2D eigenvalue weighted by Crippen LogP contribution is 2.39. The summed E-state index contributed by atoms with van der Waals surface area (Å²) in [5.41, 5.74) is 6.01. The molecule has 1 saturated carbocycles. The largest absolute Gasteiger partial charge is 0.481 e. The Labute approximate surface area is 108 Å². The van der Waals surface area contributed by atoms with Crippen LogP contribution in [0.4, 0.5) is 16.2 Å². The van der Waals surface area contributed by atoms with Gasteiger partial charge in [-0.25, -0.2) is 4.79 Å². The average molecular weight is 263 g/mol. The maximum absolute atomic E-state index is 11.7. The molecule has 2 atom stereocenters. The Kier molecular flexibility index (Phi) is 3.37. The van der Waals surface area contributed by atoms with E-state index in [1.54, 1.807) is 24.3 Å². The second-order valence-corrected chi connectivity index (χ2v) is 4.34. The van der Waals surface area contributed by atoms with E-state index in [0.717, 1.165) is 0 Å². The van der Waals surface area contributed by atoms with Gasteiger partial charge in [0.25, 0.3) is 0 Å². The van der Waals surface area contributed by atoms with Crippen molar-refractivity contribution in [1.82, 2.24) is 0 Å². The zero-order chi connectivity index (χ0) is 14.0. The predicted molar refractivity (Wildman–Crippen MR) is 67.5 cm³/mol. The number of hydrogen-bond donors (Lipinski definition) is 4. The summed E-state index contributed by atoms with van der Waals surface area (Å²) >= 11 is 0. The first kappa shape index (κ1) is 12.9. The van der Waals surface area contributed by atoms with Gasteiger partial charge in [0.2, 0.25) is 5.91 Å². The van der Waals surface area contributed by atoms with E-state index >= 15 is 0 Å². The number of rotatable bonds is 4. The number of benzene rings is 1. The minimum Gasteiger partial charge on any atom is -0.481 e. The van der Waals surface area contributed by atoms with E-state index in [-0.39, 0.29) is 5.91 Å². The summed E-state index contributed by atoms with van der Waals surface area (Å²) in [4.78, 5) is 32.9. The molecule has 2 unspecified atom stereocenters. The lowest BCUT2D eigenvalue weighted by molar-refractivity contribution is -0.139. The SMILES string of the molecule is NC(=O)Nc1ccc(NC(=O)C2CC2C(=O)O)cc1. The standard InChI is InChI=1S/C12H13N3O4/c13-12(19)15-7-3-1-6(2-4-7)14-10(16)8-5-9(8)11(17)18/h1-4,8-9H,5H2,(H,14,16)(H,17,18)(H3,13,15,19). The fourth-order valence-corrected chi connectivity index (χ4v) is 1.77. The third kappa shape index (κ3) is 3.21. The van der Waals surface area contributed by atoms with E-state index in [1.807, 2.05) is 0 Å². The minimum atomic E-state index is -0.943. The first-order chi connectivity index (χ1) is 8.97. The van der Waals surface area contributed by atoms with Gasteiger partial charge in [-0.05, 0) is 30.7 Å². The maximum Gasteiger partial charge on any atom is 0.316 e. The molecule has 1 aliphatic rings. The minimum absolute atomic E-state index is 0.303. The smallest absolute Gasteiger partial charge is 0.316 e. The van der Waals surface area contributed by atoms with Crippen LogP contribution in [0.1, 0.15) is 6.42 Å². The molecule has 0 aromatic heterocycles. The topological polar surface area (TPSA) is 122 Å². The van der Waals surface area contributed by atoms with E-state index in [2.05, 4.69) is 10.6 Å². The third-order valence-electron chi connectivity index (χ3n) is 2.86. The van der Waals surface area contributed by atoms with Gasteiger partial charge in [-0.3, -0.25) is 9.59 Å². The van der Waals surface area contributed by atoms with Crippen LogP contribution in [0.25, 0.3) is 0 Å². The van der Waals surface area contributed by atoms with E-state index in [9.17, 15) is 14.4 Å². The molecule has 0 bridgehead atoms. The van der Waals surface area contributed by atoms with Crippen LogP contribution >= 0.6 is 0 Å². The van der Waals surface area contributed by atoms with Gasteiger partial charge >= 0.3 is 12.0 Å². The number of carboxylic acid groups (broad SMARTS) is 1. The number of amides is 3. The quantitative estimate of drug-likeness (QED) is 0.642. The molecule has 100 valence electrons. The molecule has 1 aromatic rings. The van der Waals surface area contributed by atoms with Crippen molar-refractivity contribution in [2.24, 2.45) is 17.6 Å². The molecule has 0 heterocycles. The van der Waals surface area contributed by atoms with Crippen LogP contribution in [0.3, 0.4) is 0 Å². The van der Waals surface area contributed by atoms with Gasteiger partial charge in [0, 0.05) is 11.4 Å². The molecule has 0 saturated heterocycles. The molecule has 3 amide bonds. The highest BCUT2D eigenvalue weighted by molar-refractivity contribution is 5.98. The summed E-state index contributed by atoms with van der Waals surface area (Å²) < 4.78 is 0. The van der Waals surface area contributed by atoms with Crippen molar-refractivity contribution in [3.63, 3.8) is 0 Å². The predicted octanol–water partition coefficient (Wildman–Crippen LogP) is 0.836. The Balaban J connectivity index is 1.91. The number of primary amides is 1. The van der Waals surface area contributed by atoms with E-state index in [1.165, 1.54) is 0 Å². The second kappa shape index (κ2) is 4.97. The van der Waals surface area contributed by atoms with Gasteiger partial charge in [-0.15, -0.1) is 0 Å². The molecular weight excluding hydrogens is 250 g/mol. The highest BCUT2D eigenvalue weighted by atomic mass is 16.4. The first-order valence-electron chi connectivity index (χ1n) is 5.67. The van der Waals surface area contributed by atoms with Crippen molar-refractivity contribution < 1.29 is 19.5 Å². The lowest BCUT2D eigenvalue weighted by Gasteiger charge is -2.06. The van der Waals surface area contributed by atoms with Crippen LogP contribution in [-0.2, 0) is 9.59 Å². The summed E-state index contributed by atoms with van der Waals surface area (Å²) in [6.45, 7) is 0. The summed E-state index contributed by atoms with van der Waals surface area (Å²) in [5.74, 6) is -2.28. The molecule has 7 nitrogen and oxygen atoms in total. The number of carboxylic acids is 1. The van der Waals surface area contributed by atoms with Crippen molar-refractivity contribution in [3.05, 3.63) is 24.3 Å². The summed E-state index contributed by atoms with van der Waals surface area (Å²) in [6.07, 6.45) is 0.377. The van der Waals surface area contributed by atoms with E-state index < -0.39 is 23.8 Å².